The Labute approximate surface area is 665 Å². The number of nitrogens with zero attached hydrogens (tertiary/aromatic N) is 1. The Morgan fingerprint density at radius 2 is 0.533 bits per heavy atom. The second-order valence-electron chi connectivity index (χ2n) is 32.9. The number of carboxylic acid groups (broad SMARTS) is 1. The second kappa shape index (κ2) is 88.0. The third-order valence-electron chi connectivity index (χ3n) is 21.1. The van der Waals surface area contributed by atoms with E-state index in [0.717, 1.165) is 77.0 Å². The van der Waals surface area contributed by atoms with Crippen molar-refractivity contribution < 1.29 is 42.9 Å². The van der Waals surface area contributed by atoms with Crippen LogP contribution in [0.15, 0.2) is 85.1 Å². The average molecular weight is 1500 g/mol. The van der Waals surface area contributed by atoms with Gasteiger partial charge in [0.05, 0.1) is 34.4 Å². The standard InChI is InChI=1S/C98H179NO8/c1-6-8-10-12-14-16-18-20-22-24-26-28-30-32-34-36-38-40-42-44-46-48-50-52-54-56-58-60-62-64-66-68-70-72-74-76-78-80-82-84-86-88-95(100)105-92-94(93-106-98(97(102)103)104-91-90-99(3,4)5)107-96(101)89-87-85-83-81-79-77-75-73-71-69-67-65-63-61-59-57-55-53-51-49-47-45-43-41-39-37-35-33-31-29-27-25-23-21-19-17-15-13-11-9-7-2/h9,11,15,17-18,20-21,23-24,26-27,29,33,35,94,98H,6-8,10,12-14,16,19,22,25,28,30-32,34,36-93H2,1-5H3/p+1/b11-9-,17-15-,20-18-,23-21-,26-24-,29-27-,35-33-. The second-order valence-corrected chi connectivity index (χ2v) is 32.9. The van der Waals surface area contributed by atoms with E-state index in [1.807, 2.05) is 21.1 Å². The number of allylic oxidation sites excluding steroid dienone is 14. The highest BCUT2D eigenvalue weighted by Crippen LogP contribution is 2.21. The Kier molecular flexibility index (Phi) is 85.1. The zero-order valence-corrected chi connectivity index (χ0v) is 71.8. The van der Waals surface area contributed by atoms with Gasteiger partial charge in [0.25, 0.3) is 6.29 Å². The van der Waals surface area contributed by atoms with Crippen LogP contribution in [-0.4, -0.2) is 87.4 Å². The van der Waals surface area contributed by atoms with Crippen molar-refractivity contribution in [2.24, 2.45) is 0 Å². The van der Waals surface area contributed by atoms with Gasteiger partial charge in [-0.05, 0) is 89.9 Å². The molecule has 0 aromatic rings. The van der Waals surface area contributed by atoms with E-state index in [1.165, 1.54) is 360 Å². The number of aliphatic carboxylic acids is 1. The van der Waals surface area contributed by atoms with E-state index in [9.17, 15) is 19.5 Å². The Balaban J connectivity index is 3.88. The van der Waals surface area contributed by atoms with Gasteiger partial charge in [-0.25, -0.2) is 4.79 Å². The maximum atomic E-state index is 13.0. The van der Waals surface area contributed by atoms with Gasteiger partial charge in [0, 0.05) is 12.8 Å². The molecule has 0 rings (SSSR count). The molecule has 0 spiro atoms. The van der Waals surface area contributed by atoms with E-state index < -0.39 is 18.4 Å². The normalized spacial score (nSPS) is 12.9. The van der Waals surface area contributed by atoms with Gasteiger partial charge in [0.1, 0.15) is 13.2 Å². The van der Waals surface area contributed by atoms with Crippen LogP contribution >= 0.6 is 0 Å². The molecule has 0 aromatic carbocycles. The molecule has 107 heavy (non-hydrogen) atoms. The van der Waals surface area contributed by atoms with Crippen LogP contribution in [0.25, 0.3) is 0 Å². The highest BCUT2D eigenvalue weighted by molar-refractivity contribution is 5.71. The summed E-state index contributed by atoms with van der Waals surface area (Å²) in [7, 11) is 6.01. The molecule has 0 aromatic heterocycles. The molecule has 0 saturated heterocycles. The number of rotatable bonds is 88. The number of hydrogen-bond acceptors (Lipinski definition) is 7. The smallest absolute Gasteiger partial charge is 0.361 e. The highest BCUT2D eigenvalue weighted by Gasteiger charge is 2.25. The molecule has 0 bridgehead atoms. The van der Waals surface area contributed by atoms with Gasteiger partial charge in [-0.1, -0.05) is 446 Å². The Morgan fingerprint density at radius 3 is 0.794 bits per heavy atom. The van der Waals surface area contributed by atoms with Crippen molar-refractivity contribution >= 4 is 17.9 Å². The number of carbonyl (C=O) groups is 3. The van der Waals surface area contributed by atoms with Crippen LogP contribution in [0, 0.1) is 0 Å². The molecule has 0 fully saturated rings. The number of carbonyl (C=O) groups excluding carboxylic acids is 2. The largest absolute Gasteiger partial charge is 0.477 e. The number of unbranched alkanes of at least 4 members (excludes halogenated alkanes) is 59. The lowest BCUT2D eigenvalue weighted by Crippen LogP contribution is -2.40. The summed E-state index contributed by atoms with van der Waals surface area (Å²) in [5.74, 6) is -1.97. The molecule has 0 aliphatic rings. The molecule has 2 atom stereocenters. The summed E-state index contributed by atoms with van der Waals surface area (Å²) in [5, 5.41) is 9.80. The van der Waals surface area contributed by atoms with Gasteiger partial charge in [0.2, 0.25) is 0 Å². The molecule has 624 valence electrons. The summed E-state index contributed by atoms with van der Waals surface area (Å²) >= 11 is 0. The van der Waals surface area contributed by atoms with Crippen LogP contribution in [0.2, 0.25) is 0 Å². The Morgan fingerprint density at radius 1 is 0.290 bits per heavy atom. The summed E-state index contributed by atoms with van der Waals surface area (Å²) in [5.41, 5.74) is 0. The van der Waals surface area contributed by atoms with Gasteiger partial charge in [-0.3, -0.25) is 9.59 Å². The van der Waals surface area contributed by atoms with E-state index >= 15 is 0 Å². The maximum absolute atomic E-state index is 13.0. The summed E-state index contributed by atoms with van der Waals surface area (Å²) < 4.78 is 23.1. The molecular formula is C98H180NO8+. The number of quaternary nitrogens is 1. The molecule has 0 saturated carbocycles. The van der Waals surface area contributed by atoms with E-state index in [0.29, 0.717) is 17.4 Å². The first kappa shape index (κ1) is 103. The fourth-order valence-electron chi connectivity index (χ4n) is 14.1. The maximum Gasteiger partial charge on any atom is 0.361 e. The van der Waals surface area contributed by atoms with Gasteiger partial charge in [-0.15, -0.1) is 0 Å². The van der Waals surface area contributed by atoms with Gasteiger partial charge in [0.15, 0.2) is 6.10 Å². The van der Waals surface area contributed by atoms with Gasteiger partial charge in [-0.2, -0.15) is 0 Å². The molecular weight excluding hydrogens is 1320 g/mol. The SMILES string of the molecule is CC/C=C\C/C=C\C/C=C\C/C=C\C/C=C\CCCCCCCCCCCCCCCCCCCCCCCCCCCC(=O)OC(COC(=O)CCCCCCCCCCCCCCCCCCCCCCCCCCCCCCC/C=C\C/C=C\CCCCCCC)COC(OCC[N+](C)(C)C)C(=O)O. The van der Waals surface area contributed by atoms with Crippen molar-refractivity contribution in [3.8, 4) is 0 Å². The van der Waals surface area contributed by atoms with Gasteiger partial charge < -0.3 is 28.5 Å². The third kappa shape index (κ3) is 89.6. The van der Waals surface area contributed by atoms with Crippen molar-refractivity contribution in [2.75, 3.05) is 47.5 Å². The molecule has 9 heteroatoms. The van der Waals surface area contributed by atoms with Crippen molar-refractivity contribution in [2.45, 2.75) is 476 Å². The van der Waals surface area contributed by atoms with Crippen LogP contribution in [-0.2, 0) is 33.3 Å². The van der Waals surface area contributed by atoms with Crippen LogP contribution in [0.3, 0.4) is 0 Å². The number of carboxylic acids is 1. The quantitative estimate of drug-likeness (QED) is 0.0211. The molecule has 9 nitrogen and oxygen atoms in total. The lowest BCUT2D eigenvalue weighted by molar-refractivity contribution is -0.870. The number of likely N-dealkylation sites (N-methyl/N-ethyl adjacent to an activating group) is 1. The predicted molar refractivity (Wildman–Crippen MR) is 466 cm³/mol. The fourth-order valence-corrected chi connectivity index (χ4v) is 14.1. The minimum Gasteiger partial charge on any atom is -0.477 e. The van der Waals surface area contributed by atoms with E-state index in [1.54, 1.807) is 0 Å². The first-order valence-corrected chi connectivity index (χ1v) is 46.8. The first-order valence-electron chi connectivity index (χ1n) is 46.8. The lowest BCUT2D eigenvalue weighted by Gasteiger charge is -2.25. The van der Waals surface area contributed by atoms with Crippen LogP contribution in [0.1, 0.15) is 463 Å². The molecule has 0 amide bonds. The minimum atomic E-state index is -1.51. The summed E-state index contributed by atoms with van der Waals surface area (Å²) in [6, 6.07) is 0. The molecule has 0 aliphatic carbocycles. The number of esters is 2. The number of ether oxygens (including phenoxy) is 4. The summed E-state index contributed by atoms with van der Waals surface area (Å²) in [6.07, 6.45) is 120. The van der Waals surface area contributed by atoms with Crippen LogP contribution < -0.4 is 0 Å². The molecule has 0 heterocycles. The van der Waals surface area contributed by atoms with Crippen LogP contribution in [0.5, 0.6) is 0 Å². The van der Waals surface area contributed by atoms with E-state index in [-0.39, 0.29) is 38.2 Å². The van der Waals surface area contributed by atoms with Crippen molar-refractivity contribution in [3.63, 3.8) is 0 Å². The molecule has 2 unspecified atom stereocenters. The number of hydrogen-bond donors (Lipinski definition) is 1. The Bertz CT molecular complexity index is 2050. The van der Waals surface area contributed by atoms with Crippen molar-refractivity contribution in [1.29, 1.82) is 0 Å². The first-order chi connectivity index (χ1) is 52.6. The zero-order chi connectivity index (χ0) is 77.4. The summed E-state index contributed by atoms with van der Waals surface area (Å²) in [6.45, 7) is 4.83. The van der Waals surface area contributed by atoms with Crippen molar-refractivity contribution in [3.05, 3.63) is 85.1 Å². The minimum absolute atomic E-state index is 0.176. The predicted octanol–water partition coefficient (Wildman–Crippen LogP) is 30.8. The van der Waals surface area contributed by atoms with E-state index in [2.05, 4.69) is 98.9 Å². The average Bonchev–Trinajstić information content (AvgIpc) is 0.965. The monoisotopic (exact) mass is 1500 g/mol. The zero-order valence-electron chi connectivity index (χ0n) is 71.8. The summed E-state index contributed by atoms with van der Waals surface area (Å²) in [4.78, 5) is 37.9. The highest BCUT2D eigenvalue weighted by atomic mass is 16.7. The lowest BCUT2D eigenvalue weighted by atomic mass is 10.0. The topological polar surface area (TPSA) is 108 Å². The third-order valence-corrected chi connectivity index (χ3v) is 21.1. The molecule has 0 radical (unpaired) electrons. The van der Waals surface area contributed by atoms with E-state index in [4.69, 9.17) is 18.9 Å². The van der Waals surface area contributed by atoms with Crippen LogP contribution in [0.4, 0.5) is 0 Å². The van der Waals surface area contributed by atoms with Crippen molar-refractivity contribution in [1.82, 2.24) is 0 Å². The molecule has 0 aliphatic heterocycles. The molecule has 1 N–H and O–H groups in total. The Hall–Kier alpha value is -3.53. The van der Waals surface area contributed by atoms with Gasteiger partial charge >= 0.3 is 17.9 Å². The fraction of sp³-hybridized carbons (Fsp3) is 0.827.